The van der Waals surface area contributed by atoms with Gasteiger partial charge >= 0.3 is 11.9 Å². The number of rotatable bonds is 25. The quantitative estimate of drug-likeness (QED) is 0.0766. The van der Waals surface area contributed by atoms with Gasteiger partial charge in [-0.2, -0.15) is 0 Å². The van der Waals surface area contributed by atoms with Crippen LogP contribution in [0.5, 0.6) is 0 Å². The summed E-state index contributed by atoms with van der Waals surface area (Å²) in [7, 11) is 0. The van der Waals surface area contributed by atoms with Gasteiger partial charge in [0.2, 0.25) is 0 Å². The Kier molecular flexibility index (Phi) is 25.9. The van der Waals surface area contributed by atoms with Crippen LogP contribution in [0, 0.1) is 0 Å². The lowest BCUT2D eigenvalue weighted by Gasteiger charge is -2.18. The number of carbonyl (C=O) groups is 2. The largest absolute Gasteiger partial charge is 0.481 e. The number of unbranched alkanes of at least 4 members (excludes halogenated alkanes) is 8. The topological polar surface area (TPSA) is 63.6 Å². The number of hydrogen-bond acceptors (Lipinski definition) is 3. The Morgan fingerprint density at radius 2 is 1.17 bits per heavy atom. The molecule has 0 amide bonds. The van der Waals surface area contributed by atoms with Crippen molar-refractivity contribution in [2.24, 2.45) is 0 Å². The first-order valence-electron chi connectivity index (χ1n) is 14.6. The van der Waals surface area contributed by atoms with E-state index in [9.17, 15) is 9.59 Å². The summed E-state index contributed by atoms with van der Waals surface area (Å²) < 4.78 is 5.81. The number of aliphatic carboxylic acids is 1. The molecule has 36 heavy (non-hydrogen) atoms. The fourth-order valence-electron chi connectivity index (χ4n) is 3.94. The summed E-state index contributed by atoms with van der Waals surface area (Å²) in [6, 6.07) is 0. The van der Waals surface area contributed by atoms with Crippen molar-refractivity contribution in [3.63, 3.8) is 0 Å². The molecule has 1 N–H and O–H groups in total. The van der Waals surface area contributed by atoms with Gasteiger partial charge in [-0.05, 0) is 77.0 Å². The van der Waals surface area contributed by atoms with Gasteiger partial charge in [0.1, 0.15) is 6.10 Å². The zero-order valence-electron chi connectivity index (χ0n) is 23.3. The Balaban J connectivity index is 4.00. The summed E-state index contributed by atoms with van der Waals surface area (Å²) in [6.45, 7) is 4.36. The molecule has 1 unspecified atom stereocenters. The normalized spacial score (nSPS) is 12.9. The van der Waals surface area contributed by atoms with Gasteiger partial charge in [0, 0.05) is 12.8 Å². The van der Waals surface area contributed by atoms with Crippen molar-refractivity contribution in [1.29, 1.82) is 0 Å². The SMILES string of the molecule is CC/C=C\C/C=C\C/C=C\C/C=C\CCCCC(=O)OC(CCCCCCC)CCCCCC(=O)O. The van der Waals surface area contributed by atoms with Crippen molar-refractivity contribution in [3.05, 3.63) is 48.6 Å². The van der Waals surface area contributed by atoms with E-state index in [2.05, 4.69) is 62.5 Å². The first-order valence-corrected chi connectivity index (χ1v) is 14.6. The second-order valence-corrected chi connectivity index (χ2v) is 9.55. The number of esters is 1. The lowest BCUT2D eigenvalue weighted by atomic mass is 10.0. The second kappa shape index (κ2) is 27.5. The number of carboxylic acids is 1. The molecular formula is C32H54O4. The van der Waals surface area contributed by atoms with Crippen LogP contribution in [-0.2, 0) is 14.3 Å². The zero-order valence-corrected chi connectivity index (χ0v) is 23.3. The van der Waals surface area contributed by atoms with Gasteiger partial charge in [-0.1, -0.05) is 94.6 Å². The van der Waals surface area contributed by atoms with E-state index in [-0.39, 0.29) is 18.5 Å². The Bertz CT molecular complexity index is 630. The molecule has 0 saturated carbocycles. The summed E-state index contributed by atoms with van der Waals surface area (Å²) in [4.78, 5) is 23.0. The highest BCUT2D eigenvalue weighted by Gasteiger charge is 2.14. The monoisotopic (exact) mass is 502 g/mol. The third-order valence-electron chi connectivity index (χ3n) is 6.07. The molecular weight excluding hydrogens is 448 g/mol. The average molecular weight is 503 g/mol. The highest BCUT2D eigenvalue weighted by molar-refractivity contribution is 5.69. The Hall–Kier alpha value is -2.10. The third kappa shape index (κ3) is 26.5. The minimum Gasteiger partial charge on any atom is -0.481 e. The summed E-state index contributed by atoms with van der Waals surface area (Å²) >= 11 is 0. The molecule has 0 aromatic heterocycles. The molecule has 0 spiro atoms. The second-order valence-electron chi connectivity index (χ2n) is 9.55. The molecule has 0 rings (SSSR count). The van der Waals surface area contributed by atoms with Gasteiger partial charge in [-0.15, -0.1) is 0 Å². The molecule has 0 aliphatic heterocycles. The van der Waals surface area contributed by atoms with Crippen molar-refractivity contribution < 1.29 is 19.4 Å². The van der Waals surface area contributed by atoms with E-state index < -0.39 is 5.97 Å². The lowest BCUT2D eigenvalue weighted by molar-refractivity contribution is -0.150. The first-order chi connectivity index (χ1) is 17.6. The van der Waals surface area contributed by atoms with E-state index in [1.807, 2.05) is 0 Å². The maximum Gasteiger partial charge on any atom is 0.306 e. The molecule has 1 atom stereocenters. The predicted octanol–water partition coefficient (Wildman–Crippen LogP) is 9.66. The van der Waals surface area contributed by atoms with E-state index in [1.54, 1.807) is 0 Å². The van der Waals surface area contributed by atoms with Crippen LogP contribution in [0.2, 0.25) is 0 Å². The van der Waals surface area contributed by atoms with Crippen LogP contribution < -0.4 is 0 Å². The summed E-state index contributed by atoms with van der Waals surface area (Å²) in [5.74, 6) is -0.816. The van der Waals surface area contributed by atoms with E-state index >= 15 is 0 Å². The maximum atomic E-state index is 12.4. The molecule has 4 nitrogen and oxygen atoms in total. The van der Waals surface area contributed by atoms with Crippen LogP contribution in [0.15, 0.2) is 48.6 Å². The fraction of sp³-hybridized carbons (Fsp3) is 0.688. The number of ether oxygens (including phenoxy) is 1. The Labute approximate surface area is 222 Å². The molecule has 4 heteroatoms. The van der Waals surface area contributed by atoms with Crippen LogP contribution in [0.3, 0.4) is 0 Å². The van der Waals surface area contributed by atoms with Crippen LogP contribution >= 0.6 is 0 Å². The maximum absolute atomic E-state index is 12.4. The highest BCUT2D eigenvalue weighted by atomic mass is 16.5. The Morgan fingerprint density at radius 1 is 0.639 bits per heavy atom. The van der Waals surface area contributed by atoms with Gasteiger partial charge in [-0.3, -0.25) is 9.59 Å². The third-order valence-corrected chi connectivity index (χ3v) is 6.07. The van der Waals surface area contributed by atoms with Crippen molar-refractivity contribution in [2.75, 3.05) is 0 Å². The van der Waals surface area contributed by atoms with Crippen LogP contribution in [-0.4, -0.2) is 23.1 Å². The molecule has 0 radical (unpaired) electrons. The molecule has 0 aromatic rings. The molecule has 0 aromatic carbocycles. The average Bonchev–Trinajstić information content (AvgIpc) is 2.85. The van der Waals surface area contributed by atoms with E-state index in [1.165, 1.54) is 25.7 Å². The predicted molar refractivity (Wildman–Crippen MR) is 153 cm³/mol. The van der Waals surface area contributed by atoms with E-state index in [4.69, 9.17) is 9.84 Å². The van der Waals surface area contributed by atoms with Crippen molar-refractivity contribution in [2.45, 2.75) is 142 Å². The van der Waals surface area contributed by atoms with Gasteiger partial charge in [0.25, 0.3) is 0 Å². The molecule has 0 aliphatic carbocycles. The zero-order chi connectivity index (χ0) is 26.5. The minimum absolute atomic E-state index is 0.0155. The lowest BCUT2D eigenvalue weighted by Crippen LogP contribution is -2.18. The van der Waals surface area contributed by atoms with Gasteiger partial charge in [-0.25, -0.2) is 0 Å². The fourth-order valence-corrected chi connectivity index (χ4v) is 3.94. The van der Waals surface area contributed by atoms with Crippen LogP contribution in [0.4, 0.5) is 0 Å². The molecule has 0 fully saturated rings. The summed E-state index contributed by atoms with van der Waals surface area (Å²) in [5.41, 5.74) is 0. The summed E-state index contributed by atoms with van der Waals surface area (Å²) in [5, 5.41) is 8.78. The van der Waals surface area contributed by atoms with Crippen molar-refractivity contribution in [3.8, 4) is 0 Å². The molecule has 0 saturated heterocycles. The van der Waals surface area contributed by atoms with Crippen LogP contribution in [0.25, 0.3) is 0 Å². The van der Waals surface area contributed by atoms with E-state index in [0.717, 1.165) is 77.0 Å². The van der Waals surface area contributed by atoms with Crippen molar-refractivity contribution in [1.82, 2.24) is 0 Å². The van der Waals surface area contributed by atoms with Gasteiger partial charge < -0.3 is 9.84 Å². The van der Waals surface area contributed by atoms with Gasteiger partial charge in [0.15, 0.2) is 0 Å². The number of hydrogen-bond donors (Lipinski definition) is 1. The minimum atomic E-state index is -0.737. The summed E-state index contributed by atoms with van der Waals surface area (Å²) in [6.07, 6.45) is 35.5. The number of allylic oxidation sites excluding steroid dienone is 8. The van der Waals surface area contributed by atoms with E-state index in [0.29, 0.717) is 12.8 Å². The number of carboxylic acid groups (broad SMARTS) is 1. The standard InChI is InChI=1S/C32H54O4/c1-3-5-7-9-10-11-12-13-14-15-16-17-18-20-25-29-32(35)36-30(26-22-19-8-6-4-2)27-23-21-24-28-31(33)34/h5,7,10-11,13-14,16-17,30H,3-4,6,8-9,12,15,18-29H2,1-2H3,(H,33,34)/b7-5-,11-10-,14-13-,17-16-. The first kappa shape index (κ1) is 33.9. The smallest absolute Gasteiger partial charge is 0.306 e. The molecule has 0 aliphatic rings. The number of carbonyl (C=O) groups excluding carboxylic acids is 1. The van der Waals surface area contributed by atoms with Crippen molar-refractivity contribution >= 4 is 11.9 Å². The molecule has 0 heterocycles. The Morgan fingerprint density at radius 3 is 1.75 bits per heavy atom. The van der Waals surface area contributed by atoms with Crippen LogP contribution in [0.1, 0.15) is 136 Å². The van der Waals surface area contributed by atoms with Gasteiger partial charge in [0.05, 0.1) is 0 Å². The molecule has 0 bridgehead atoms. The molecule has 206 valence electrons. The highest BCUT2D eigenvalue weighted by Crippen LogP contribution is 2.17.